The highest BCUT2D eigenvalue weighted by Crippen LogP contribution is 2.37. The van der Waals surface area contributed by atoms with E-state index in [-0.39, 0.29) is 11.9 Å². The van der Waals surface area contributed by atoms with E-state index < -0.39 is 0 Å². The Morgan fingerprint density at radius 3 is 2.59 bits per heavy atom. The van der Waals surface area contributed by atoms with Crippen LogP contribution < -0.4 is 10.6 Å². The van der Waals surface area contributed by atoms with Crippen LogP contribution in [0.25, 0.3) is 0 Å². The van der Waals surface area contributed by atoms with Crippen molar-refractivity contribution >= 4 is 5.82 Å². The molecule has 92 valence electrons. The lowest BCUT2D eigenvalue weighted by molar-refractivity contribution is 0.352. The van der Waals surface area contributed by atoms with Crippen molar-refractivity contribution in [3.05, 3.63) is 17.8 Å². The van der Waals surface area contributed by atoms with Gasteiger partial charge in [0.05, 0.1) is 5.69 Å². The summed E-state index contributed by atoms with van der Waals surface area (Å²) in [5.41, 5.74) is 6.55. The third kappa shape index (κ3) is 1.69. The maximum Gasteiger partial charge on any atom is 0.186 e. The van der Waals surface area contributed by atoms with Gasteiger partial charge in [0.2, 0.25) is 0 Å². The quantitative estimate of drug-likeness (QED) is 0.793. The lowest BCUT2D eigenvalue weighted by Gasteiger charge is -2.36. The van der Waals surface area contributed by atoms with Gasteiger partial charge in [0.15, 0.2) is 11.6 Å². The van der Waals surface area contributed by atoms with Gasteiger partial charge in [-0.25, -0.2) is 14.4 Å². The molecule has 2 N–H and O–H groups in total. The van der Waals surface area contributed by atoms with E-state index in [1.54, 1.807) is 6.92 Å². The van der Waals surface area contributed by atoms with Gasteiger partial charge in [-0.3, -0.25) is 0 Å². The van der Waals surface area contributed by atoms with Crippen molar-refractivity contribution in [3.8, 4) is 0 Å². The van der Waals surface area contributed by atoms with Crippen molar-refractivity contribution < 1.29 is 4.39 Å². The van der Waals surface area contributed by atoms with Gasteiger partial charge in [-0.15, -0.1) is 0 Å². The monoisotopic (exact) mass is 236 g/mol. The highest BCUT2D eigenvalue weighted by atomic mass is 19.1. The van der Waals surface area contributed by atoms with E-state index in [1.165, 1.54) is 6.33 Å². The second-order valence-corrected chi connectivity index (χ2v) is 5.18. The van der Waals surface area contributed by atoms with Crippen molar-refractivity contribution in [1.29, 1.82) is 0 Å². The highest BCUT2D eigenvalue weighted by molar-refractivity contribution is 5.42. The van der Waals surface area contributed by atoms with Gasteiger partial charge in [0.25, 0.3) is 0 Å². The minimum absolute atomic E-state index is 0.289. The molecule has 0 aromatic carbocycles. The van der Waals surface area contributed by atoms with Crippen LogP contribution >= 0.6 is 0 Å². The van der Waals surface area contributed by atoms with Crippen LogP contribution in [0.4, 0.5) is 10.2 Å². The van der Waals surface area contributed by atoms with Crippen LogP contribution in [-0.4, -0.2) is 29.1 Å². The predicted molar refractivity (Wildman–Crippen MR) is 63.1 cm³/mol. The first-order valence-electron chi connectivity index (χ1n) is 6.14. The number of piperidine rings is 1. The summed E-state index contributed by atoms with van der Waals surface area (Å²) in [6.07, 6.45) is 3.76. The van der Waals surface area contributed by atoms with E-state index in [0.29, 0.717) is 23.3 Å². The maximum atomic E-state index is 14.0. The fourth-order valence-electron chi connectivity index (χ4n) is 3.10. The van der Waals surface area contributed by atoms with Gasteiger partial charge < -0.3 is 10.6 Å². The van der Waals surface area contributed by atoms with E-state index >= 15 is 0 Å². The smallest absolute Gasteiger partial charge is 0.186 e. The molecule has 1 aliphatic heterocycles. The summed E-state index contributed by atoms with van der Waals surface area (Å²) in [6, 6.07) is 0.289. The van der Waals surface area contributed by atoms with Crippen LogP contribution in [-0.2, 0) is 0 Å². The molecule has 2 aliphatic rings. The van der Waals surface area contributed by atoms with Crippen molar-refractivity contribution in [2.24, 2.45) is 17.6 Å². The number of halogens is 1. The van der Waals surface area contributed by atoms with Crippen LogP contribution in [0.15, 0.2) is 6.33 Å². The van der Waals surface area contributed by atoms with E-state index in [9.17, 15) is 4.39 Å². The molecule has 1 aromatic heterocycles. The van der Waals surface area contributed by atoms with Crippen LogP contribution in [0.2, 0.25) is 0 Å². The number of aryl methyl sites for hydroxylation is 1. The fourth-order valence-corrected chi connectivity index (χ4v) is 3.10. The summed E-state index contributed by atoms with van der Waals surface area (Å²) in [5.74, 6) is 1.13. The standard InChI is InChI=1S/C12H17FN4/c1-7-10(13)12(16-6-15-7)17-4-8-2-3-9(5-17)11(8)14/h6,8-9,11H,2-5,14H2,1H3. The Bertz CT molecular complexity index is 423. The first kappa shape index (κ1) is 10.9. The van der Waals surface area contributed by atoms with E-state index in [0.717, 1.165) is 25.9 Å². The number of nitrogens with two attached hydrogens (primary N) is 1. The number of anilines is 1. The van der Waals surface area contributed by atoms with Gasteiger partial charge in [-0.1, -0.05) is 0 Å². The third-order valence-electron chi connectivity index (χ3n) is 4.15. The van der Waals surface area contributed by atoms with Crippen LogP contribution in [0.1, 0.15) is 18.5 Å². The number of hydrogen-bond donors (Lipinski definition) is 1. The van der Waals surface area contributed by atoms with Gasteiger partial charge >= 0.3 is 0 Å². The van der Waals surface area contributed by atoms with Gasteiger partial charge in [-0.05, 0) is 31.6 Å². The molecule has 2 atom stereocenters. The molecule has 17 heavy (non-hydrogen) atoms. The van der Waals surface area contributed by atoms with Crippen molar-refractivity contribution in [1.82, 2.24) is 9.97 Å². The van der Waals surface area contributed by atoms with Crippen molar-refractivity contribution in [2.45, 2.75) is 25.8 Å². The molecule has 1 aliphatic carbocycles. The molecule has 1 aromatic rings. The average Bonchev–Trinajstić information content (AvgIpc) is 2.54. The zero-order chi connectivity index (χ0) is 12.0. The Kier molecular flexibility index (Phi) is 2.50. The largest absolute Gasteiger partial charge is 0.353 e. The first-order chi connectivity index (χ1) is 8.16. The van der Waals surface area contributed by atoms with Gasteiger partial charge in [0, 0.05) is 19.1 Å². The Hall–Kier alpha value is -1.23. The normalized spacial score (nSPS) is 31.9. The summed E-state index contributed by atoms with van der Waals surface area (Å²) in [4.78, 5) is 9.99. The Labute approximate surface area is 100 Å². The molecule has 5 heteroatoms. The van der Waals surface area contributed by atoms with Crippen molar-refractivity contribution in [2.75, 3.05) is 18.0 Å². The number of nitrogens with zero attached hydrogens (tertiary/aromatic N) is 3. The highest BCUT2D eigenvalue weighted by Gasteiger charge is 2.40. The second kappa shape index (κ2) is 3.91. The molecule has 0 spiro atoms. The lowest BCUT2D eigenvalue weighted by atomic mass is 9.93. The number of hydrogen-bond acceptors (Lipinski definition) is 4. The fraction of sp³-hybridized carbons (Fsp3) is 0.667. The molecule has 3 rings (SSSR count). The molecule has 4 nitrogen and oxygen atoms in total. The maximum absolute atomic E-state index is 14.0. The molecular weight excluding hydrogens is 219 g/mol. The number of rotatable bonds is 1. The summed E-state index contributed by atoms with van der Waals surface area (Å²) in [6.45, 7) is 3.32. The molecule has 0 amide bonds. The first-order valence-corrected chi connectivity index (χ1v) is 6.14. The molecular formula is C12H17FN4. The Morgan fingerprint density at radius 2 is 1.94 bits per heavy atom. The topological polar surface area (TPSA) is 55.0 Å². The molecule has 2 unspecified atom stereocenters. The van der Waals surface area contributed by atoms with E-state index in [4.69, 9.17) is 5.73 Å². The van der Waals surface area contributed by atoms with Gasteiger partial charge in [-0.2, -0.15) is 0 Å². The average molecular weight is 236 g/mol. The van der Waals surface area contributed by atoms with Gasteiger partial charge in [0.1, 0.15) is 6.33 Å². The molecule has 1 saturated heterocycles. The molecule has 2 bridgehead atoms. The zero-order valence-corrected chi connectivity index (χ0v) is 9.93. The minimum atomic E-state index is -0.289. The van der Waals surface area contributed by atoms with Crippen LogP contribution in [0.5, 0.6) is 0 Å². The van der Waals surface area contributed by atoms with E-state index in [2.05, 4.69) is 9.97 Å². The number of aromatic nitrogens is 2. The van der Waals surface area contributed by atoms with Crippen molar-refractivity contribution in [3.63, 3.8) is 0 Å². The summed E-state index contributed by atoms with van der Waals surface area (Å²) < 4.78 is 14.0. The lowest BCUT2D eigenvalue weighted by Crippen LogP contribution is -2.49. The van der Waals surface area contributed by atoms with Crippen LogP contribution in [0.3, 0.4) is 0 Å². The Balaban J connectivity index is 1.89. The zero-order valence-electron chi connectivity index (χ0n) is 9.93. The molecule has 2 fully saturated rings. The SMILES string of the molecule is Cc1ncnc(N2CC3CCC(C2)C3N)c1F. The molecule has 1 saturated carbocycles. The number of fused-ring (bicyclic) bond motifs is 2. The summed E-state index contributed by atoms with van der Waals surface area (Å²) >= 11 is 0. The predicted octanol–water partition coefficient (Wildman–Crippen LogP) is 1.10. The minimum Gasteiger partial charge on any atom is -0.353 e. The third-order valence-corrected chi connectivity index (χ3v) is 4.15. The summed E-state index contributed by atoms with van der Waals surface area (Å²) in [7, 11) is 0. The molecule has 2 heterocycles. The molecule has 0 radical (unpaired) electrons. The second-order valence-electron chi connectivity index (χ2n) is 5.18. The van der Waals surface area contributed by atoms with E-state index in [1.807, 2.05) is 4.90 Å². The summed E-state index contributed by atoms with van der Waals surface area (Å²) in [5, 5.41) is 0. The Morgan fingerprint density at radius 1 is 1.29 bits per heavy atom. The van der Waals surface area contributed by atoms with Crippen LogP contribution in [0, 0.1) is 24.6 Å².